The molecule has 0 radical (unpaired) electrons. The van der Waals surface area contributed by atoms with Gasteiger partial charge in [-0.1, -0.05) is 26.6 Å². The molecule has 5 fully saturated rings. The number of fused-ring (bicyclic) bond motifs is 1. The van der Waals surface area contributed by atoms with Gasteiger partial charge >= 0.3 is 0 Å². The summed E-state index contributed by atoms with van der Waals surface area (Å²) in [4.78, 5) is 23.7. The maximum absolute atomic E-state index is 13.3. The van der Waals surface area contributed by atoms with Crippen LogP contribution in [0.25, 0.3) is 0 Å². The first-order valence-electron chi connectivity index (χ1n) is 14.3. The molecule has 0 bridgehead atoms. The zero-order valence-corrected chi connectivity index (χ0v) is 23.2. The van der Waals surface area contributed by atoms with E-state index in [1.54, 1.807) is 8.61 Å². The van der Waals surface area contributed by atoms with Crippen LogP contribution in [-0.2, 0) is 20.4 Å². The molecule has 1 N–H and O–H groups in total. The van der Waals surface area contributed by atoms with Crippen molar-refractivity contribution in [1.82, 2.24) is 18.6 Å². The Morgan fingerprint density at radius 3 is 2.63 bits per heavy atom. The van der Waals surface area contributed by atoms with Gasteiger partial charge in [-0.05, 0) is 62.1 Å². The number of rotatable bonds is 8. The third kappa shape index (κ3) is 4.40. The van der Waals surface area contributed by atoms with Crippen LogP contribution in [0.2, 0.25) is 12.1 Å². The lowest BCUT2D eigenvalue weighted by atomic mass is 9.42. The Kier molecular flexibility index (Phi) is 6.68. The van der Waals surface area contributed by atoms with Crippen molar-refractivity contribution >= 4 is 35.1 Å². The van der Waals surface area contributed by atoms with Crippen LogP contribution in [0.1, 0.15) is 70.8 Å². The normalized spacial score (nSPS) is 31.3. The largest absolute Gasteiger partial charge is 0.351 e. The fourth-order valence-electron chi connectivity index (χ4n) is 7.19. The number of nitriles is 1. The van der Waals surface area contributed by atoms with E-state index in [0.29, 0.717) is 44.3 Å². The second-order valence-corrected chi connectivity index (χ2v) is 14.3. The highest BCUT2D eigenvalue weighted by atomic mass is 32.2. The fraction of sp³-hybridized carbons (Fsp3) is 0.769. The summed E-state index contributed by atoms with van der Waals surface area (Å²) in [6, 6.07) is 0.210. The van der Waals surface area contributed by atoms with Crippen LogP contribution in [0.5, 0.6) is 0 Å². The van der Waals surface area contributed by atoms with E-state index >= 15 is 0 Å². The van der Waals surface area contributed by atoms with Gasteiger partial charge in [0, 0.05) is 55.5 Å². The molecule has 12 heteroatoms. The van der Waals surface area contributed by atoms with Gasteiger partial charge in [-0.15, -0.1) is 0 Å². The fourth-order valence-corrected chi connectivity index (χ4v) is 9.13. The predicted octanol–water partition coefficient (Wildman–Crippen LogP) is 2.82. The molecule has 5 aliphatic rings. The van der Waals surface area contributed by atoms with Crippen molar-refractivity contribution in [1.29, 1.82) is 5.26 Å². The molecule has 2 saturated carbocycles. The van der Waals surface area contributed by atoms with Crippen LogP contribution in [0.3, 0.4) is 0 Å². The highest BCUT2D eigenvalue weighted by molar-refractivity contribution is 7.86. The Morgan fingerprint density at radius 2 is 2.00 bits per heavy atom. The smallest absolute Gasteiger partial charge is 0.282 e. The molecule has 4 unspecified atom stereocenters. The lowest BCUT2D eigenvalue weighted by Crippen LogP contribution is -2.60. The molecular weight excluding hydrogens is 501 g/mol. The molecule has 2 aliphatic carbocycles. The average Bonchev–Trinajstić information content (AvgIpc) is 3.37. The molecular formula is C26H38BN7O3S. The molecule has 1 amide bonds. The number of hydrogen-bond donors (Lipinski definition) is 1. The molecule has 4 atom stereocenters. The van der Waals surface area contributed by atoms with Crippen molar-refractivity contribution in [3.8, 4) is 5.97 Å². The zero-order chi connectivity index (χ0) is 26.7. The highest BCUT2D eigenvalue weighted by Gasteiger charge is 2.55. The lowest BCUT2D eigenvalue weighted by molar-refractivity contribution is -0.108. The number of piperidine rings is 1. The van der Waals surface area contributed by atoms with Gasteiger partial charge in [-0.25, -0.2) is 10.2 Å². The first kappa shape index (κ1) is 26.0. The van der Waals surface area contributed by atoms with Crippen molar-refractivity contribution in [3.05, 3.63) is 11.8 Å². The zero-order valence-electron chi connectivity index (χ0n) is 22.4. The second kappa shape index (κ2) is 9.75. The number of carbonyl (C=O) groups is 1. The van der Waals surface area contributed by atoms with Crippen LogP contribution in [0.4, 0.5) is 11.8 Å². The molecule has 3 saturated heterocycles. The van der Waals surface area contributed by atoms with Gasteiger partial charge in [0.1, 0.15) is 5.82 Å². The summed E-state index contributed by atoms with van der Waals surface area (Å²) >= 11 is 0. The quantitative estimate of drug-likeness (QED) is 0.398. The van der Waals surface area contributed by atoms with E-state index in [4.69, 9.17) is 4.98 Å². The van der Waals surface area contributed by atoms with Gasteiger partial charge in [0.2, 0.25) is 12.4 Å². The summed E-state index contributed by atoms with van der Waals surface area (Å²) in [5.41, 5.74) is 1.08. The second-order valence-electron chi connectivity index (χ2n) is 12.4. The van der Waals surface area contributed by atoms with Gasteiger partial charge in [0.05, 0.1) is 0 Å². The summed E-state index contributed by atoms with van der Waals surface area (Å²) in [5.74, 6) is 4.22. The van der Waals surface area contributed by atoms with Crippen LogP contribution < -0.4 is 10.2 Å². The van der Waals surface area contributed by atoms with Crippen molar-refractivity contribution in [2.45, 2.75) is 101 Å². The third-order valence-electron chi connectivity index (χ3n) is 10.1. The van der Waals surface area contributed by atoms with Gasteiger partial charge in [0.25, 0.3) is 16.9 Å². The number of amides is 1. The number of aromatic nitrogens is 2. The molecule has 1 aromatic rings. The molecule has 10 nitrogen and oxygen atoms in total. The van der Waals surface area contributed by atoms with Gasteiger partial charge in [-0.2, -0.15) is 22.0 Å². The van der Waals surface area contributed by atoms with Crippen molar-refractivity contribution in [2.24, 2.45) is 5.92 Å². The number of anilines is 2. The number of nitrogens with zero attached hydrogens (tertiary/aromatic N) is 6. The minimum absolute atomic E-state index is 0.00723. The Labute approximate surface area is 226 Å². The molecule has 1 aromatic heterocycles. The molecule has 4 heterocycles. The van der Waals surface area contributed by atoms with Crippen molar-refractivity contribution in [3.63, 3.8) is 0 Å². The van der Waals surface area contributed by atoms with Gasteiger partial charge in [0.15, 0.2) is 0 Å². The Morgan fingerprint density at radius 1 is 1.24 bits per heavy atom. The molecule has 204 valence electrons. The first-order chi connectivity index (χ1) is 18.2. The lowest BCUT2D eigenvalue weighted by Gasteiger charge is -2.46. The van der Waals surface area contributed by atoms with Gasteiger partial charge < -0.3 is 5.32 Å². The van der Waals surface area contributed by atoms with Gasteiger partial charge in [-0.3, -0.25) is 9.69 Å². The minimum Gasteiger partial charge on any atom is -0.351 e. The average molecular weight is 540 g/mol. The van der Waals surface area contributed by atoms with E-state index in [1.807, 2.05) is 11.1 Å². The molecule has 3 aliphatic heterocycles. The summed E-state index contributed by atoms with van der Waals surface area (Å²) < 4.78 is 29.8. The summed E-state index contributed by atoms with van der Waals surface area (Å²) in [7, 11) is -3.51. The SMILES string of the molecule is CC1CCCC1N(C=O)c1nc(NC2CCN(S(=O)(=O)N3CC4B(C#N)CCC43)CC2)ncc1C1(C)CC1. The summed E-state index contributed by atoms with van der Waals surface area (Å²) in [6.07, 6.45) is 11.1. The number of hydrogen-bond acceptors (Lipinski definition) is 7. The van der Waals surface area contributed by atoms with Crippen LogP contribution in [0.15, 0.2) is 6.20 Å². The maximum Gasteiger partial charge on any atom is 0.282 e. The number of nitrogens with one attached hydrogen (secondary N) is 1. The van der Waals surface area contributed by atoms with E-state index in [1.165, 1.54) is 0 Å². The Hall–Kier alpha value is -2.23. The molecule has 0 spiro atoms. The van der Waals surface area contributed by atoms with E-state index < -0.39 is 10.2 Å². The third-order valence-corrected chi connectivity index (χ3v) is 12.1. The van der Waals surface area contributed by atoms with Crippen LogP contribution >= 0.6 is 0 Å². The monoisotopic (exact) mass is 539 g/mol. The Balaban J connectivity index is 1.13. The molecule has 6 rings (SSSR count). The summed E-state index contributed by atoms with van der Waals surface area (Å²) in [5, 5.41) is 12.7. The summed E-state index contributed by atoms with van der Waals surface area (Å²) in [6.45, 7) is 5.78. The molecule has 0 aromatic carbocycles. The van der Waals surface area contributed by atoms with Crippen molar-refractivity contribution in [2.75, 3.05) is 29.9 Å². The topological polar surface area (TPSA) is 123 Å². The maximum atomic E-state index is 13.3. The van der Waals surface area contributed by atoms with E-state index in [9.17, 15) is 18.5 Å². The van der Waals surface area contributed by atoms with Crippen LogP contribution in [-0.4, -0.2) is 77.9 Å². The standard InChI is InChI=1S/C26H38BN7O3S/c1-18-4-3-5-22(18)33(17-35)24-20(26(2)9-10-26)14-29-25(31-24)30-19-7-12-32(13-8-19)38(36,37)34-15-21-23(34)6-11-27(21)16-28/h14,17-19,21-23H,3-13,15H2,1-2H3,(H,29,30,31). The van der Waals surface area contributed by atoms with Crippen molar-refractivity contribution < 1.29 is 13.2 Å². The molecule has 38 heavy (non-hydrogen) atoms. The first-order valence-corrected chi connectivity index (χ1v) is 15.7. The predicted molar refractivity (Wildman–Crippen MR) is 146 cm³/mol. The van der Waals surface area contributed by atoms with E-state index in [2.05, 4.69) is 30.1 Å². The highest BCUT2D eigenvalue weighted by Crippen LogP contribution is 2.51. The minimum atomic E-state index is -3.51. The Bertz CT molecular complexity index is 1230. The van der Waals surface area contributed by atoms with E-state index in [0.717, 1.165) is 62.6 Å². The van der Waals surface area contributed by atoms with E-state index in [-0.39, 0.29) is 36.1 Å². The van der Waals surface area contributed by atoms with Crippen LogP contribution in [0, 0.1) is 17.1 Å². The number of carbonyl (C=O) groups excluding carboxylic acids is 1.